The van der Waals surface area contributed by atoms with Crippen molar-refractivity contribution >= 4 is 6.98 Å². The van der Waals surface area contributed by atoms with Crippen LogP contribution in [0.25, 0.3) is 0 Å². The van der Waals surface area contributed by atoms with E-state index in [4.69, 9.17) is 0 Å². The van der Waals surface area contributed by atoms with Crippen LogP contribution in [0.3, 0.4) is 0 Å². The summed E-state index contributed by atoms with van der Waals surface area (Å²) in [5, 5.41) is 2.79. The minimum absolute atomic E-state index is 0.134. The van der Waals surface area contributed by atoms with Gasteiger partial charge in [0.05, 0.1) is 0 Å². The van der Waals surface area contributed by atoms with E-state index in [1.165, 1.54) is 0 Å². The smallest absolute Gasteiger partial charge is 0.449 e. The maximum absolute atomic E-state index is 11.6. The van der Waals surface area contributed by atoms with Gasteiger partial charge in [0.15, 0.2) is 0 Å². The Kier molecular flexibility index (Phi) is 1.70. The van der Waals surface area contributed by atoms with Crippen LogP contribution in [0.2, 0.25) is 6.32 Å². The Labute approximate surface area is 51.7 Å². The molecule has 54 valence electrons. The van der Waals surface area contributed by atoms with Gasteiger partial charge in [0.2, 0.25) is 0 Å². The quantitative estimate of drug-likeness (QED) is 0.562. The van der Waals surface area contributed by atoms with Crippen molar-refractivity contribution < 1.29 is 12.9 Å². The summed E-state index contributed by atoms with van der Waals surface area (Å²) < 4.78 is 34.7. The Bertz CT molecular complexity index is 98.5. The van der Waals surface area contributed by atoms with Gasteiger partial charge in [-0.15, -0.1) is 0 Å². The molecular weight excluding hydrogens is 130 g/mol. The normalized spacial score (nSPS) is 21.7. The second-order valence-corrected chi connectivity index (χ2v) is 2.47. The number of rotatable bonds is 2. The van der Waals surface area contributed by atoms with Crippen LogP contribution in [0.1, 0.15) is 0 Å². The molecule has 0 unspecified atom stereocenters. The van der Waals surface area contributed by atoms with Crippen molar-refractivity contribution in [2.75, 3.05) is 13.1 Å². The van der Waals surface area contributed by atoms with E-state index in [-0.39, 0.29) is 5.92 Å². The van der Waals surface area contributed by atoms with Crippen LogP contribution >= 0.6 is 0 Å². The minimum Gasteiger partial charge on any atom is -0.449 e. The molecule has 1 saturated heterocycles. The van der Waals surface area contributed by atoms with E-state index in [2.05, 4.69) is 5.32 Å². The topological polar surface area (TPSA) is 12.0 Å². The first-order valence-electron chi connectivity index (χ1n) is 2.99. The van der Waals surface area contributed by atoms with Gasteiger partial charge >= 0.3 is 6.98 Å². The molecule has 0 bridgehead atoms. The van der Waals surface area contributed by atoms with Crippen molar-refractivity contribution in [3.8, 4) is 0 Å². The summed E-state index contributed by atoms with van der Waals surface area (Å²) in [5.74, 6) is -0.134. The monoisotopic (exact) mass is 138 g/mol. The summed E-state index contributed by atoms with van der Waals surface area (Å²) in [4.78, 5) is 0. The summed E-state index contributed by atoms with van der Waals surface area (Å²) in [6.07, 6.45) is -0.562. The van der Waals surface area contributed by atoms with Gasteiger partial charge in [-0.2, -0.15) is 0 Å². The number of hydrogen-bond donors (Lipinski definition) is 1. The van der Waals surface area contributed by atoms with Crippen LogP contribution in [0, 0.1) is 5.92 Å². The highest BCUT2D eigenvalue weighted by atomic mass is 19.4. The van der Waals surface area contributed by atoms with E-state index in [9.17, 15) is 12.9 Å². The van der Waals surface area contributed by atoms with Gasteiger partial charge in [-0.3, -0.25) is 0 Å². The molecule has 1 aliphatic heterocycles. The third kappa shape index (κ3) is 2.26. The Morgan fingerprint density at radius 2 is 1.89 bits per heavy atom. The van der Waals surface area contributed by atoms with Crippen LogP contribution in [0.5, 0.6) is 0 Å². The fraction of sp³-hybridized carbons (Fsp3) is 1.00. The van der Waals surface area contributed by atoms with E-state index in [1.54, 1.807) is 0 Å². The zero-order valence-electron chi connectivity index (χ0n) is 4.91. The van der Waals surface area contributed by atoms with Crippen molar-refractivity contribution in [2.45, 2.75) is 6.32 Å². The lowest BCUT2D eigenvalue weighted by atomic mass is 9.76. The van der Waals surface area contributed by atoms with Crippen LogP contribution in [-0.2, 0) is 0 Å². The fourth-order valence-corrected chi connectivity index (χ4v) is 0.893. The van der Waals surface area contributed by atoms with Gasteiger partial charge in [0, 0.05) is 0 Å². The molecule has 0 aliphatic carbocycles. The molecule has 0 spiro atoms. The zero-order chi connectivity index (χ0) is 6.91. The van der Waals surface area contributed by atoms with Gasteiger partial charge in [-0.05, 0) is 19.0 Å². The molecule has 0 saturated carbocycles. The highest BCUT2D eigenvalue weighted by Crippen LogP contribution is 2.22. The number of halogens is 3. The van der Waals surface area contributed by atoms with Gasteiger partial charge in [0.1, 0.15) is 0 Å². The zero-order valence-corrected chi connectivity index (χ0v) is 4.91. The molecule has 0 aromatic rings. The molecule has 1 fully saturated rings. The highest BCUT2D eigenvalue weighted by Gasteiger charge is 2.30. The first-order valence-corrected chi connectivity index (χ1v) is 2.99. The summed E-state index contributed by atoms with van der Waals surface area (Å²) in [6.45, 7) is -3.45. The van der Waals surface area contributed by atoms with Gasteiger partial charge < -0.3 is 18.3 Å². The summed E-state index contributed by atoms with van der Waals surface area (Å²) in [5.41, 5.74) is 0. The third-order valence-electron chi connectivity index (χ3n) is 1.47. The second-order valence-electron chi connectivity index (χ2n) is 2.47. The molecule has 1 nitrogen and oxygen atoms in total. The van der Waals surface area contributed by atoms with Gasteiger partial charge in [-0.1, -0.05) is 6.32 Å². The molecule has 1 N–H and O–H groups in total. The maximum atomic E-state index is 11.6. The number of nitrogens with one attached hydrogen (secondary N) is 1. The van der Waals surface area contributed by atoms with Gasteiger partial charge in [-0.25, -0.2) is 0 Å². The fourth-order valence-electron chi connectivity index (χ4n) is 0.893. The number of hydrogen-bond acceptors (Lipinski definition) is 1. The molecule has 0 aromatic heterocycles. The van der Waals surface area contributed by atoms with E-state index in [0.29, 0.717) is 13.1 Å². The third-order valence-corrected chi connectivity index (χ3v) is 1.47. The summed E-state index contributed by atoms with van der Waals surface area (Å²) >= 11 is 0. The molecule has 0 amide bonds. The van der Waals surface area contributed by atoms with Crippen molar-refractivity contribution in [3.05, 3.63) is 0 Å². The van der Waals surface area contributed by atoms with Crippen molar-refractivity contribution in [3.63, 3.8) is 0 Å². The van der Waals surface area contributed by atoms with Gasteiger partial charge in [0.25, 0.3) is 0 Å². The van der Waals surface area contributed by atoms with Crippen LogP contribution in [0.4, 0.5) is 12.9 Å². The van der Waals surface area contributed by atoms with Crippen molar-refractivity contribution in [1.29, 1.82) is 0 Å². The molecule has 0 radical (unpaired) electrons. The first kappa shape index (κ1) is 6.93. The Morgan fingerprint density at radius 3 is 2.00 bits per heavy atom. The van der Waals surface area contributed by atoms with Crippen LogP contribution in [0.15, 0.2) is 0 Å². The molecule has 0 aromatic carbocycles. The minimum atomic E-state index is -4.53. The molecular formula is C4H8BF3N-. The molecule has 0 atom stereocenters. The van der Waals surface area contributed by atoms with Crippen molar-refractivity contribution in [1.82, 2.24) is 5.32 Å². The molecule has 1 heterocycles. The Balaban J connectivity index is 2.16. The predicted molar refractivity (Wildman–Crippen MR) is 30.2 cm³/mol. The largest absolute Gasteiger partial charge is 0.478 e. The lowest BCUT2D eigenvalue weighted by molar-refractivity contribution is 0.339. The SMILES string of the molecule is F[B-](F)(F)CC1CNC1. The van der Waals surface area contributed by atoms with E-state index < -0.39 is 13.3 Å². The second kappa shape index (κ2) is 2.21. The standard InChI is InChI=1S/C4H8BF3N/c6-5(7,8)1-4-2-9-3-4/h4,9H,1-3H2/q-1. The molecule has 5 heteroatoms. The highest BCUT2D eigenvalue weighted by molar-refractivity contribution is 6.58. The molecule has 1 aliphatic rings. The average Bonchev–Trinajstić information content (AvgIpc) is 1.53. The van der Waals surface area contributed by atoms with E-state index >= 15 is 0 Å². The van der Waals surface area contributed by atoms with Crippen LogP contribution in [-0.4, -0.2) is 20.1 Å². The maximum Gasteiger partial charge on any atom is 0.478 e. The summed E-state index contributed by atoms with van der Waals surface area (Å²) in [7, 11) is 0. The lowest BCUT2D eigenvalue weighted by Gasteiger charge is -2.31. The average molecular weight is 138 g/mol. The van der Waals surface area contributed by atoms with Crippen LogP contribution < -0.4 is 5.32 Å². The first-order chi connectivity index (χ1) is 4.08. The molecule has 1 rings (SSSR count). The predicted octanol–water partition coefficient (Wildman–Crippen LogP) is 1.05. The van der Waals surface area contributed by atoms with Crippen molar-refractivity contribution in [2.24, 2.45) is 5.92 Å². The summed E-state index contributed by atoms with van der Waals surface area (Å²) in [6, 6.07) is 0. The van der Waals surface area contributed by atoms with E-state index in [1.807, 2.05) is 0 Å². The lowest BCUT2D eigenvalue weighted by Crippen LogP contribution is -2.44. The molecule has 9 heavy (non-hydrogen) atoms. The Hall–Kier alpha value is -0.185. The van der Waals surface area contributed by atoms with E-state index in [0.717, 1.165) is 0 Å². The Morgan fingerprint density at radius 1 is 1.33 bits per heavy atom.